The van der Waals surface area contributed by atoms with E-state index < -0.39 is 0 Å². The summed E-state index contributed by atoms with van der Waals surface area (Å²) in [6.07, 6.45) is 5.44. The van der Waals surface area contributed by atoms with Crippen molar-refractivity contribution >= 4 is 33.4 Å². The number of nitrogens with zero attached hydrogens (tertiary/aromatic N) is 5. The number of amides is 1. The molecule has 3 aromatic heterocycles. The van der Waals surface area contributed by atoms with Crippen molar-refractivity contribution in [1.29, 1.82) is 0 Å². The molecule has 27 heavy (non-hydrogen) atoms. The normalized spacial score (nSPS) is 13.7. The van der Waals surface area contributed by atoms with Gasteiger partial charge in [-0.1, -0.05) is 25.2 Å². The summed E-state index contributed by atoms with van der Waals surface area (Å²) in [5.41, 5.74) is 3.55. The van der Waals surface area contributed by atoms with Crippen molar-refractivity contribution in [2.24, 2.45) is 5.92 Å². The number of nitrogens with one attached hydrogen (secondary N) is 1. The van der Waals surface area contributed by atoms with Crippen molar-refractivity contribution in [2.45, 2.75) is 59.4 Å². The molecule has 1 amide bonds. The molecule has 0 bridgehead atoms. The second-order valence-corrected chi connectivity index (χ2v) is 8.80. The molecule has 0 atom stereocenters. The van der Waals surface area contributed by atoms with Crippen molar-refractivity contribution in [3.8, 4) is 0 Å². The smallest absolute Gasteiger partial charge is 0.258 e. The fourth-order valence-electron chi connectivity index (χ4n) is 3.59. The maximum absolute atomic E-state index is 13.2. The van der Waals surface area contributed by atoms with E-state index in [-0.39, 0.29) is 11.9 Å². The van der Waals surface area contributed by atoms with E-state index in [1.54, 1.807) is 6.20 Å². The van der Waals surface area contributed by atoms with E-state index in [1.165, 1.54) is 11.3 Å². The van der Waals surface area contributed by atoms with Crippen LogP contribution in [0.5, 0.6) is 0 Å². The number of carbonyl (C=O) groups excluding carboxylic acids is 1. The SMILES string of the molecule is CC(C)Cc1nnc(NC(=O)c2c3c(nc4c2cnn4C(C)C)CCC3)s1. The summed E-state index contributed by atoms with van der Waals surface area (Å²) in [4.78, 5) is 18.0. The first kappa shape index (κ1) is 18.0. The first-order valence-corrected chi connectivity index (χ1v) is 10.3. The van der Waals surface area contributed by atoms with Crippen LogP contribution in [0.3, 0.4) is 0 Å². The van der Waals surface area contributed by atoms with Gasteiger partial charge in [-0.2, -0.15) is 5.10 Å². The molecule has 0 saturated carbocycles. The molecule has 0 saturated heterocycles. The van der Waals surface area contributed by atoms with Gasteiger partial charge in [0.05, 0.1) is 17.1 Å². The maximum atomic E-state index is 13.2. The number of pyridine rings is 1. The summed E-state index contributed by atoms with van der Waals surface area (Å²) in [6, 6.07) is 0.187. The molecular formula is C19H24N6OS. The summed E-state index contributed by atoms with van der Waals surface area (Å²) >= 11 is 1.44. The maximum Gasteiger partial charge on any atom is 0.258 e. The topological polar surface area (TPSA) is 85.6 Å². The van der Waals surface area contributed by atoms with E-state index in [0.717, 1.165) is 53.0 Å². The molecule has 1 aliphatic rings. The predicted molar refractivity (Wildman–Crippen MR) is 106 cm³/mol. The Morgan fingerprint density at radius 2 is 2.07 bits per heavy atom. The van der Waals surface area contributed by atoms with Crippen molar-refractivity contribution in [2.75, 3.05) is 5.32 Å². The molecule has 7 nitrogen and oxygen atoms in total. The van der Waals surface area contributed by atoms with E-state index in [9.17, 15) is 4.79 Å². The molecule has 0 spiro atoms. The minimum atomic E-state index is -0.142. The van der Waals surface area contributed by atoms with Gasteiger partial charge < -0.3 is 0 Å². The molecule has 0 aromatic carbocycles. The van der Waals surface area contributed by atoms with Crippen molar-refractivity contribution < 1.29 is 4.79 Å². The Morgan fingerprint density at radius 3 is 2.81 bits per heavy atom. The van der Waals surface area contributed by atoms with Crippen LogP contribution in [0.4, 0.5) is 5.13 Å². The van der Waals surface area contributed by atoms with Crippen LogP contribution < -0.4 is 5.32 Å². The first-order chi connectivity index (χ1) is 12.9. The largest absolute Gasteiger partial charge is 0.296 e. The van der Waals surface area contributed by atoms with Gasteiger partial charge in [0.2, 0.25) is 5.13 Å². The molecule has 8 heteroatoms. The van der Waals surface area contributed by atoms with E-state index >= 15 is 0 Å². The molecule has 0 radical (unpaired) electrons. The predicted octanol–water partition coefficient (Wildman–Crippen LogP) is 3.80. The van der Waals surface area contributed by atoms with E-state index in [2.05, 4.69) is 48.3 Å². The molecule has 3 aromatic rings. The molecule has 0 aliphatic heterocycles. The average Bonchev–Trinajstić information content (AvgIpc) is 3.31. The van der Waals surface area contributed by atoms with E-state index in [1.807, 2.05) is 4.68 Å². The Kier molecular flexibility index (Phi) is 4.67. The van der Waals surface area contributed by atoms with Gasteiger partial charge in [0.15, 0.2) is 5.65 Å². The van der Waals surface area contributed by atoms with Gasteiger partial charge in [-0.25, -0.2) is 9.67 Å². The van der Waals surface area contributed by atoms with Crippen molar-refractivity contribution in [3.63, 3.8) is 0 Å². The van der Waals surface area contributed by atoms with Crippen LogP contribution >= 0.6 is 11.3 Å². The quantitative estimate of drug-likeness (QED) is 0.723. The molecule has 142 valence electrons. The second-order valence-electron chi connectivity index (χ2n) is 7.74. The molecule has 0 unspecified atom stereocenters. The Labute approximate surface area is 162 Å². The van der Waals surface area contributed by atoms with Gasteiger partial charge in [-0.3, -0.25) is 10.1 Å². The van der Waals surface area contributed by atoms with Gasteiger partial charge in [-0.15, -0.1) is 10.2 Å². The average molecular weight is 385 g/mol. The summed E-state index contributed by atoms with van der Waals surface area (Å²) in [6.45, 7) is 8.42. The minimum absolute atomic E-state index is 0.142. The number of hydrogen-bond donors (Lipinski definition) is 1. The van der Waals surface area contributed by atoms with Crippen molar-refractivity contribution in [1.82, 2.24) is 25.0 Å². The van der Waals surface area contributed by atoms with Gasteiger partial charge in [0, 0.05) is 18.2 Å². The number of aromatic nitrogens is 5. The zero-order valence-corrected chi connectivity index (χ0v) is 16.9. The molecule has 3 heterocycles. The highest BCUT2D eigenvalue weighted by molar-refractivity contribution is 7.15. The fourth-order valence-corrected chi connectivity index (χ4v) is 4.53. The van der Waals surface area contributed by atoms with Crippen LogP contribution in [0.2, 0.25) is 0 Å². The number of anilines is 1. The van der Waals surface area contributed by atoms with Crippen LogP contribution in [0.25, 0.3) is 11.0 Å². The third-order valence-electron chi connectivity index (χ3n) is 4.76. The lowest BCUT2D eigenvalue weighted by Gasteiger charge is -2.11. The Hall–Kier alpha value is -2.35. The zero-order chi connectivity index (χ0) is 19.1. The van der Waals surface area contributed by atoms with E-state index in [4.69, 9.17) is 4.98 Å². The van der Waals surface area contributed by atoms with Crippen LogP contribution in [-0.4, -0.2) is 30.9 Å². The van der Waals surface area contributed by atoms with Crippen LogP contribution in [0.1, 0.15) is 66.8 Å². The monoisotopic (exact) mass is 384 g/mol. The minimum Gasteiger partial charge on any atom is -0.296 e. The highest BCUT2D eigenvalue weighted by Crippen LogP contribution is 2.31. The summed E-state index contributed by atoms with van der Waals surface area (Å²) in [7, 11) is 0. The Morgan fingerprint density at radius 1 is 1.26 bits per heavy atom. The molecule has 4 rings (SSSR count). The first-order valence-electron chi connectivity index (χ1n) is 9.46. The van der Waals surface area contributed by atoms with Gasteiger partial charge in [-0.05, 0) is 44.6 Å². The third kappa shape index (κ3) is 3.34. The van der Waals surface area contributed by atoms with Gasteiger partial charge in [0.1, 0.15) is 5.01 Å². The lowest BCUT2D eigenvalue weighted by atomic mass is 10.0. The fraction of sp³-hybridized carbons (Fsp3) is 0.526. The third-order valence-corrected chi connectivity index (χ3v) is 5.62. The number of hydrogen-bond acceptors (Lipinski definition) is 6. The van der Waals surface area contributed by atoms with Crippen LogP contribution in [-0.2, 0) is 19.3 Å². The Balaban J connectivity index is 1.72. The standard InChI is InChI=1S/C19H24N6OS/c1-10(2)8-15-23-24-19(27-15)22-18(26)16-12-6-5-7-14(12)21-17-13(16)9-20-25(17)11(3)4/h9-11H,5-8H2,1-4H3,(H,22,24,26). The Bertz CT molecular complexity index is 1000. The van der Waals surface area contributed by atoms with Crippen LogP contribution in [0.15, 0.2) is 6.20 Å². The lowest BCUT2D eigenvalue weighted by molar-refractivity contribution is 0.102. The second kappa shape index (κ2) is 6.99. The number of aryl methyl sites for hydroxylation is 1. The zero-order valence-electron chi connectivity index (χ0n) is 16.1. The summed E-state index contributed by atoms with van der Waals surface area (Å²) in [5.74, 6) is 0.363. The summed E-state index contributed by atoms with van der Waals surface area (Å²) < 4.78 is 1.89. The molecule has 1 N–H and O–H groups in total. The molecule has 1 aliphatic carbocycles. The van der Waals surface area contributed by atoms with Gasteiger partial charge in [0.25, 0.3) is 5.91 Å². The number of rotatable bonds is 5. The number of fused-ring (bicyclic) bond motifs is 2. The lowest BCUT2D eigenvalue weighted by Crippen LogP contribution is -2.16. The number of carbonyl (C=O) groups is 1. The van der Waals surface area contributed by atoms with Crippen LogP contribution in [0, 0.1) is 5.92 Å². The summed E-state index contributed by atoms with van der Waals surface area (Å²) in [5, 5.41) is 18.1. The highest BCUT2D eigenvalue weighted by Gasteiger charge is 2.26. The van der Waals surface area contributed by atoms with E-state index in [0.29, 0.717) is 16.6 Å². The highest BCUT2D eigenvalue weighted by atomic mass is 32.1. The molecule has 0 fully saturated rings. The van der Waals surface area contributed by atoms with Crippen molar-refractivity contribution in [3.05, 3.63) is 28.0 Å². The van der Waals surface area contributed by atoms with Gasteiger partial charge >= 0.3 is 0 Å². The molecular weight excluding hydrogens is 360 g/mol.